The van der Waals surface area contributed by atoms with Crippen molar-refractivity contribution < 1.29 is 4.39 Å². The molecule has 0 saturated carbocycles. The Labute approximate surface area is 121 Å². The van der Waals surface area contributed by atoms with E-state index in [0.29, 0.717) is 29.7 Å². The predicted octanol–water partition coefficient (Wildman–Crippen LogP) is 3.15. The van der Waals surface area contributed by atoms with Gasteiger partial charge in [-0.2, -0.15) is 0 Å². The minimum Gasteiger partial charge on any atom is -0.296 e. The smallest absolute Gasteiger partial charge is 0.261 e. The summed E-state index contributed by atoms with van der Waals surface area (Å²) in [6.07, 6.45) is 0.581. The predicted molar refractivity (Wildman–Crippen MR) is 80.9 cm³/mol. The Morgan fingerprint density at radius 3 is 2.62 bits per heavy atom. The number of hydrogen-bond acceptors (Lipinski definition) is 2. The molecule has 0 aliphatic carbocycles. The van der Waals surface area contributed by atoms with Crippen LogP contribution in [0, 0.1) is 5.82 Å². The molecule has 0 aliphatic rings. The molecule has 4 heteroatoms. The molecule has 1 heterocycles. The lowest BCUT2D eigenvalue weighted by atomic mass is 10.1. The first-order chi connectivity index (χ1) is 10.2. The summed E-state index contributed by atoms with van der Waals surface area (Å²) < 4.78 is 14.9. The van der Waals surface area contributed by atoms with Gasteiger partial charge < -0.3 is 0 Å². The average molecular weight is 282 g/mol. The van der Waals surface area contributed by atoms with Crippen LogP contribution < -0.4 is 5.56 Å². The van der Waals surface area contributed by atoms with Crippen molar-refractivity contribution in [2.45, 2.75) is 19.9 Å². The van der Waals surface area contributed by atoms with E-state index in [0.717, 1.165) is 5.56 Å². The number of fused-ring (bicyclic) bond motifs is 1. The van der Waals surface area contributed by atoms with Crippen molar-refractivity contribution in [3.8, 4) is 0 Å². The van der Waals surface area contributed by atoms with Gasteiger partial charge in [-0.1, -0.05) is 30.3 Å². The summed E-state index contributed by atoms with van der Waals surface area (Å²) in [7, 11) is 0. The first kappa shape index (κ1) is 13.5. The molecule has 0 N–H and O–H groups in total. The van der Waals surface area contributed by atoms with Gasteiger partial charge >= 0.3 is 0 Å². The highest BCUT2D eigenvalue weighted by Gasteiger charge is 2.11. The van der Waals surface area contributed by atoms with Gasteiger partial charge in [-0.15, -0.1) is 0 Å². The molecule has 3 rings (SSSR count). The zero-order valence-corrected chi connectivity index (χ0v) is 11.7. The lowest BCUT2D eigenvalue weighted by Crippen LogP contribution is -2.25. The summed E-state index contributed by atoms with van der Waals surface area (Å²) in [5.74, 6) is 0.285. The van der Waals surface area contributed by atoms with Gasteiger partial charge in [-0.25, -0.2) is 9.37 Å². The third kappa shape index (κ3) is 2.57. The zero-order valence-electron chi connectivity index (χ0n) is 11.7. The topological polar surface area (TPSA) is 34.9 Å². The van der Waals surface area contributed by atoms with E-state index in [9.17, 15) is 9.18 Å². The molecule has 3 aromatic rings. The second-order valence-corrected chi connectivity index (χ2v) is 4.90. The molecule has 0 saturated heterocycles. The van der Waals surface area contributed by atoms with E-state index in [2.05, 4.69) is 4.98 Å². The maximum absolute atomic E-state index is 13.3. The van der Waals surface area contributed by atoms with Crippen LogP contribution in [-0.2, 0) is 13.0 Å². The quantitative estimate of drug-likeness (QED) is 0.739. The molecule has 0 amide bonds. The molecule has 1 aromatic heterocycles. The highest BCUT2D eigenvalue weighted by Crippen LogP contribution is 2.13. The van der Waals surface area contributed by atoms with Crippen molar-refractivity contribution in [2.75, 3.05) is 0 Å². The Morgan fingerprint density at radius 1 is 1.14 bits per heavy atom. The Hall–Kier alpha value is -2.49. The molecular formula is C17H15FN2O. The Morgan fingerprint density at radius 2 is 1.90 bits per heavy atom. The molecule has 0 unspecified atom stereocenters. The molecule has 0 bridgehead atoms. The molecule has 106 valence electrons. The van der Waals surface area contributed by atoms with Gasteiger partial charge in [0.15, 0.2) is 0 Å². The Bertz CT molecular complexity index is 841. The van der Waals surface area contributed by atoms with Crippen LogP contribution in [0.15, 0.2) is 53.3 Å². The Kier molecular flexibility index (Phi) is 3.52. The molecule has 0 spiro atoms. The van der Waals surface area contributed by atoms with E-state index in [1.807, 2.05) is 37.3 Å². The van der Waals surface area contributed by atoms with Gasteiger partial charge in [0.1, 0.15) is 11.6 Å². The summed E-state index contributed by atoms with van der Waals surface area (Å²) in [6, 6.07) is 14.0. The normalized spacial score (nSPS) is 11.0. The van der Waals surface area contributed by atoms with Gasteiger partial charge in [-0.05, 0) is 30.7 Å². The summed E-state index contributed by atoms with van der Waals surface area (Å²) >= 11 is 0. The van der Waals surface area contributed by atoms with Crippen LogP contribution in [0.25, 0.3) is 10.9 Å². The second-order valence-electron chi connectivity index (χ2n) is 4.90. The standard InChI is InChI=1S/C17H15FN2O/c1-2-20-16(10-12-6-4-3-5-7-12)19-15-9-8-13(18)11-14(15)17(20)21/h3-9,11H,2,10H2,1H3. The number of aromatic nitrogens is 2. The number of halogens is 1. The molecule has 21 heavy (non-hydrogen) atoms. The summed E-state index contributed by atoms with van der Waals surface area (Å²) in [6.45, 7) is 2.41. The first-order valence-corrected chi connectivity index (χ1v) is 6.92. The maximum atomic E-state index is 13.3. The van der Waals surface area contributed by atoms with Crippen molar-refractivity contribution in [1.82, 2.24) is 9.55 Å². The highest BCUT2D eigenvalue weighted by atomic mass is 19.1. The van der Waals surface area contributed by atoms with Crippen LogP contribution in [0.2, 0.25) is 0 Å². The maximum Gasteiger partial charge on any atom is 0.261 e. The number of benzene rings is 2. The summed E-state index contributed by atoms with van der Waals surface area (Å²) in [5, 5.41) is 0.327. The minimum atomic E-state index is -0.417. The fraction of sp³-hybridized carbons (Fsp3) is 0.176. The highest BCUT2D eigenvalue weighted by molar-refractivity contribution is 5.77. The van der Waals surface area contributed by atoms with Crippen molar-refractivity contribution in [3.63, 3.8) is 0 Å². The molecule has 2 aromatic carbocycles. The van der Waals surface area contributed by atoms with Crippen molar-refractivity contribution in [2.24, 2.45) is 0 Å². The number of rotatable bonds is 3. The monoisotopic (exact) mass is 282 g/mol. The minimum absolute atomic E-state index is 0.187. The van der Waals surface area contributed by atoms with Gasteiger partial charge in [-0.3, -0.25) is 9.36 Å². The van der Waals surface area contributed by atoms with Gasteiger partial charge in [0.25, 0.3) is 5.56 Å². The average Bonchev–Trinajstić information content (AvgIpc) is 2.50. The van der Waals surface area contributed by atoms with Crippen LogP contribution in [0.1, 0.15) is 18.3 Å². The van der Waals surface area contributed by atoms with E-state index in [-0.39, 0.29) is 5.56 Å². The first-order valence-electron chi connectivity index (χ1n) is 6.92. The van der Waals surface area contributed by atoms with E-state index in [1.54, 1.807) is 10.6 Å². The number of nitrogens with zero attached hydrogens (tertiary/aromatic N) is 2. The number of hydrogen-bond donors (Lipinski definition) is 0. The van der Waals surface area contributed by atoms with E-state index in [4.69, 9.17) is 0 Å². The molecule has 0 aliphatic heterocycles. The van der Waals surface area contributed by atoms with Crippen molar-refractivity contribution in [1.29, 1.82) is 0 Å². The van der Waals surface area contributed by atoms with Crippen LogP contribution in [0.5, 0.6) is 0 Å². The van der Waals surface area contributed by atoms with Crippen molar-refractivity contribution >= 4 is 10.9 Å². The van der Waals surface area contributed by atoms with E-state index >= 15 is 0 Å². The largest absolute Gasteiger partial charge is 0.296 e. The van der Waals surface area contributed by atoms with E-state index in [1.165, 1.54) is 12.1 Å². The van der Waals surface area contributed by atoms with Crippen LogP contribution >= 0.6 is 0 Å². The fourth-order valence-electron chi connectivity index (χ4n) is 2.48. The molecule has 0 fully saturated rings. The third-order valence-corrected chi connectivity index (χ3v) is 3.52. The molecule has 0 atom stereocenters. The summed E-state index contributed by atoms with van der Waals surface area (Å²) in [5.41, 5.74) is 1.44. The molecular weight excluding hydrogens is 267 g/mol. The van der Waals surface area contributed by atoms with Gasteiger partial charge in [0.2, 0.25) is 0 Å². The lowest BCUT2D eigenvalue weighted by molar-refractivity contribution is 0.627. The molecule has 0 radical (unpaired) electrons. The SMILES string of the molecule is CCn1c(Cc2ccccc2)nc2ccc(F)cc2c1=O. The van der Waals surface area contributed by atoms with Crippen LogP contribution in [0.3, 0.4) is 0 Å². The lowest BCUT2D eigenvalue weighted by Gasteiger charge is -2.11. The fourth-order valence-corrected chi connectivity index (χ4v) is 2.48. The van der Waals surface area contributed by atoms with Gasteiger partial charge in [0.05, 0.1) is 10.9 Å². The van der Waals surface area contributed by atoms with Crippen LogP contribution in [-0.4, -0.2) is 9.55 Å². The van der Waals surface area contributed by atoms with E-state index < -0.39 is 5.82 Å². The van der Waals surface area contributed by atoms with Crippen molar-refractivity contribution in [3.05, 3.63) is 76.1 Å². The molecule has 3 nitrogen and oxygen atoms in total. The zero-order chi connectivity index (χ0) is 14.8. The summed E-state index contributed by atoms with van der Waals surface area (Å²) in [4.78, 5) is 17.0. The Balaban J connectivity index is 2.18. The van der Waals surface area contributed by atoms with Gasteiger partial charge in [0, 0.05) is 13.0 Å². The second kappa shape index (κ2) is 5.48. The third-order valence-electron chi connectivity index (χ3n) is 3.52. The van der Waals surface area contributed by atoms with Crippen LogP contribution in [0.4, 0.5) is 4.39 Å².